The highest BCUT2D eigenvalue weighted by molar-refractivity contribution is 5.82. The van der Waals surface area contributed by atoms with Crippen LogP contribution in [-0.4, -0.2) is 30.3 Å². The van der Waals surface area contributed by atoms with Crippen LogP contribution in [0.1, 0.15) is 31.4 Å². The van der Waals surface area contributed by atoms with Gasteiger partial charge in [-0.1, -0.05) is 24.3 Å². The molecule has 3 N–H and O–H groups in total. The molecule has 1 unspecified atom stereocenters. The van der Waals surface area contributed by atoms with Gasteiger partial charge in [0.1, 0.15) is 5.41 Å². The fourth-order valence-corrected chi connectivity index (χ4v) is 2.23. The third kappa shape index (κ3) is 3.55. The zero-order valence-electron chi connectivity index (χ0n) is 11.8. The second-order valence-electron chi connectivity index (χ2n) is 5.08. The van der Waals surface area contributed by atoms with E-state index in [1.807, 2.05) is 45.0 Å². The predicted molar refractivity (Wildman–Crippen MR) is 75.3 cm³/mol. The Bertz CT molecular complexity index is 431. The van der Waals surface area contributed by atoms with Crippen molar-refractivity contribution >= 4 is 5.97 Å². The summed E-state index contributed by atoms with van der Waals surface area (Å²) in [6.45, 7) is 6.22. The number of carbonyl (C=O) groups is 1. The fourth-order valence-electron chi connectivity index (χ4n) is 2.23. The molecule has 0 heterocycles. The predicted octanol–water partition coefficient (Wildman–Crippen LogP) is 2.09. The molecule has 1 rings (SSSR count). The van der Waals surface area contributed by atoms with E-state index in [9.17, 15) is 9.90 Å². The van der Waals surface area contributed by atoms with Gasteiger partial charge in [0.15, 0.2) is 0 Å². The van der Waals surface area contributed by atoms with Crippen LogP contribution in [0.2, 0.25) is 0 Å². The lowest BCUT2D eigenvalue weighted by Crippen LogP contribution is -2.44. The second kappa shape index (κ2) is 6.68. The molecule has 4 heteroatoms. The number of rotatable bonds is 7. The maximum absolute atomic E-state index is 11.7. The number of carboxylic acid groups (broad SMARTS) is 1. The van der Waals surface area contributed by atoms with Gasteiger partial charge in [0.05, 0.1) is 6.10 Å². The lowest BCUT2D eigenvalue weighted by molar-refractivity contribution is -0.144. The third-order valence-corrected chi connectivity index (χ3v) is 3.40. The van der Waals surface area contributed by atoms with Gasteiger partial charge in [0.2, 0.25) is 0 Å². The Morgan fingerprint density at radius 3 is 2.53 bits per heavy atom. The molecule has 0 fully saturated rings. The number of nitrogens with two attached hydrogens (primary N) is 1. The van der Waals surface area contributed by atoms with Gasteiger partial charge in [-0.2, -0.15) is 0 Å². The van der Waals surface area contributed by atoms with E-state index in [4.69, 9.17) is 10.5 Å². The number of benzene rings is 1. The highest BCUT2D eigenvalue weighted by Crippen LogP contribution is 2.30. The molecule has 4 nitrogen and oxygen atoms in total. The molecule has 1 aromatic rings. The summed E-state index contributed by atoms with van der Waals surface area (Å²) >= 11 is 0. The molecule has 0 saturated carbocycles. The average Bonchev–Trinajstić information content (AvgIpc) is 2.35. The molecular formula is C15H23NO3. The van der Waals surface area contributed by atoms with Gasteiger partial charge in [-0.15, -0.1) is 0 Å². The van der Waals surface area contributed by atoms with Gasteiger partial charge >= 0.3 is 5.97 Å². The Kier molecular flexibility index (Phi) is 5.51. The molecule has 0 aliphatic heterocycles. The van der Waals surface area contributed by atoms with Crippen LogP contribution in [-0.2, 0) is 14.9 Å². The second-order valence-corrected chi connectivity index (χ2v) is 5.08. The molecule has 0 aromatic heterocycles. The van der Waals surface area contributed by atoms with E-state index >= 15 is 0 Å². The minimum absolute atomic E-state index is 0.0641. The summed E-state index contributed by atoms with van der Waals surface area (Å²) in [7, 11) is 0. The maximum Gasteiger partial charge on any atom is 0.315 e. The number of aliphatic carboxylic acids is 1. The van der Waals surface area contributed by atoms with Crippen LogP contribution >= 0.6 is 0 Å². The zero-order chi connectivity index (χ0) is 14.5. The zero-order valence-corrected chi connectivity index (χ0v) is 11.8. The first-order valence-corrected chi connectivity index (χ1v) is 6.55. The number of ether oxygens (including phenoxy) is 1. The van der Waals surface area contributed by atoms with Crippen LogP contribution in [0.4, 0.5) is 0 Å². The minimum Gasteiger partial charge on any atom is -0.481 e. The Morgan fingerprint density at radius 1 is 1.42 bits per heavy atom. The van der Waals surface area contributed by atoms with Crippen LogP contribution in [0.5, 0.6) is 0 Å². The molecule has 1 atom stereocenters. The summed E-state index contributed by atoms with van der Waals surface area (Å²) in [5.74, 6) is -0.892. The van der Waals surface area contributed by atoms with Gasteiger partial charge < -0.3 is 15.6 Å². The maximum atomic E-state index is 11.7. The fraction of sp³-hybridized carbons (Fsp3) is 0.533. The largest absolute Gasteiger partial charge is 0.481 e. The first-order chi connectivity index (χ1) is 8.94. The van der Waals surface area contributed by atoms with Crippen molar-refractivity contribution in [1.82, 2.24) is 0 Å². The Balaban J connectivity index is 3.06. The van der Waals surface area contributed by atoms with E-state index in [0.717, 1.165) is 11.1 Å². The minimum atomic E-state index is -1.07. The average molecular weight is 265 g/mol. The molecule has 19 heavy (non-hydrogen) atoms. The Labute approximate surface area is 114 Å². The van der Waals surface area contributed by atoms with Gasteiger partial charge in [-0.25, -0.2) is 0 Å². The molecule has 0 bridgehead atoms. The van der Waals surface area contributed by atoms with Crippen molar-refractivity contribution in [3.8, 4) is 0 Å². The highest BCUT2D eigenvalue weighted by atomic mass is 16.5. The van der Waals surface area contributed by atoms with Gasteiger partial charge in [0.25, 0.3) is 0 Å². The molecule has 106 valence electrons. The van der Waals surface area contributed by atoms with Crippen molar-refractivity contribution in [3.63, 3.8) is 0 Å². The van der Waals surface area contributed by atoms with Crippen LogP contribution < -0.4 is 5.73 Å². The van der Waals surface area contributed by atoms with Gasteiger partial charge in [0, 0.05) is 13.2 Å². The molecule has 0 aliphatic carbocycles. The van der Waals surface area contributed by atoms with Crippen LogP contribution in [0.25, 0.3) is 0 Å². The SMILES string of the molecule is Cc1ccccc1C(CN)(CCOC(C)C)C(=O)O. The van der Waals surface area contributed by atoms with Crippen molar-refractivity contribution in [2.75, 3.05) is 13.2 Å². The topological polar surface area (TPSA) is 72.5 Å². The number of aryl methyl sites for hydroxylation is 1. The van der Waals surface area contributed by atoms with Crippen LogP contribution in [0, 0.1) is 6.92 Å². The van der Waals surface area contributed by atoms with Gasteiger partial charge in [-0.3, -0.25) is 4.79 Å². The van der Waals surface area contributed by atoms with Crippen molar-refractivity contribution < 1.29 is 14.6 Å². The lowest BCUT2D eigenvalue weighted by atomic mass is 9.76. The summed E-state index contributed by atoms with van der Waals surface area (Å²) in [6, 6.07) is 7.49. The summed E-state index contributed by atoms with van der Waals surface area (Å²) in [6.07, 6.45) is 0.461. The van der Waals surface area contributed by atoms with E-state index in [2.05, 4.69) is 0 Å². The molecule has 1 aromatic carbocycles. The third-order valence-electron chi connectivity index (χ3n) is 3.40. The van der Waals surface area contributed by atoms with E-state index in [-0.39, 0.29) is 12.6 Å². The Hall–Kier alpha value is -1.39. The normalized spacial score (nSPS) is 14.4. The quantitative estimate of drug-likeness (QED) is 0.792. The molecule has 0 aliphatic rings. The summed E-state index contributed by atoms with van der Waals surface area (Å²) in [5, 5.41) is 9.63. The monoisotopic (exact) mass is 265 g/mol. The molecule has 0 saturated heterocycles. The smallest absolute Gasteiger partial charge is 0.315 e. The van der Waals surface area contributed by atoms with Crippen molar-refractivity contribution in [2.24, 2.45) is 5.73 Å². The number of hydrogen-bond acceptors (Lipinski definition) is 3. The molecular weight excluding hydrogens is 242 g/mol. The lowest BCUT2D eigenvalue weighted by Gasteiger charge is -2.30. The Morgan fingerprint density at radius 2 is 2.05 bits per heavy atom. The first-order valence-electron chi connectivity index (χ1n) is 6.55. The molecule has 0 amide bonds. The van der Waals surface area contributed by atoms with E-state index in [0.29, 0.717) is 13.0 Å². The number of carboxylic acids is 1. The van der Waals surface area contributed by atoms with E-state index in [1.54, 1.807) is 0 Å². The molecule has 0 radical (unpaired) electrons. The summed E-state index contributed by atoms with van der Waals surface area (Å²) < 4.78 is 5.49. The van der Waals surface area contributed by atoms with Crippen molar-refractivity contribution in [1.29, 1.82) is 0 Å². The van der Waals surface area contributed by atoms with Gasteiger partial charge in [-0.05, 0) is 38.3 Å². The van der Waals surface area contributed by atoms with Crippen LogP contribution in [0.15, 0.2) is 24.3 Å². The number of hydrogen-bond donors (Lipinski definition) is 2. The van der Waals surface area contributed by atoms with E-state index in [1.165, 1.54) is 0 Å². The highest BCUT2D eigenvalue weighted by Gasteiger charge is 2.39. The standard InChI is InChI=1S/C15H23NO3/c1-11(2)19-9-8-15(10-16,14(17)18)13-7-5-4-6-12(13)3/h4-7,11H,8-10,16H2,1-3H3,(H,17,18). The summed E-state index contributed by atoms with van der Waals surface area (Å²) in [5.41, 5.74) is 6.44. The summed E-state index contributed by atoms with van der Waals surface area (Å²) in [4.78, 5) is 11.7. The van der Waals surface area contributed by atoms with Crippen molar-refractivity contribution in [2.45, 2.75) is 38.7 Å². The van der Waals surface area contributed by atoms with Crippen LogP contribution in [0.3, 0.4) is 0 Å². The first kappa shape index (κ1) is 15.7. The van der Waals surface area contributed by atoms with E-state index < -0.39 is 11.4 Å². The van der Waals surface area contributed by atoms with Crippen molar-refractivity contribution in [3.05, 3.63) is 35.4 Å². The molecule has 0 spiro atoms.